The molecule has 5 nitrogen and oxygen atoms in total. The van der Waals surface area contributed by atoms with Crippen molar-refractivity contribution in [3.63, 3.8) is 0 Å². The molecule has 0 saturated carbocycles. The summed E-state index contributed by atoms with van der Waals surface area (Å²) in [5.41, 5.74) is -0.394. The molecule has 4 rings (SSSR count). The van der Waals surface area contributed by atoms with Gasteiger partial charge >= 0.3 is 0 Å². The Bertz CT molecular complexity index is 1030. The molecule has 3 heterocycles. The molecule has 1 aromatic carbocycles. The van der Waals surface area contributed by atoms with E-state index in [1.54, 1.807) is 4.90 Å². The first-order valence-electron chi connectivity index (χ1n) is 9.35. The van der Waals surface area contributed by atoms with E-state index in [1.807, 2.05) is 0 Å². The summed E-state index contributed by atoms with van der Waals surface area (Å²) in [6.07, 6.45) is 2.79. The van der Waals surface area contributed by atoms with Gasteiger partial charge in [0, 0.05) is 36.5 Å². The van der Waals surface area contributed by atoms with Crippen LogP contribution in [0, 0.1) is 17.5 Å². The molecule has 0 radical (unpaired) electrons. The van der Waals surface area contributed by atoms with E-state index in [1.165, 1.54) is 10.6 Å². The molecule has 1 atom stereocenters. The van der Waals surface area contributed by atoms with Gasteiger partial charge in [0.2, 0.25) is 5.91 Å². The number of hydrogen-bond donors (Lipinski definition) is 0. The van der Waals surface area contributed by atoms with E-state index >= 15 is 0 Å². The topological polar surface area (TPSA) is 51.5 Å². The number of fused-ring (bicyclic) bond motifs is 1. The molecule has 1 aromatic heterocycles. The zero-order valence-electron chi connectivity index (χ0n) is 15.4. The summed E-state index contributed by atoms with van der Waals surface area (Å²) < 4.78 is 47.3. The highest BCUT2D eigenvalue weighted by Gasteiger charge is 2.35. The molecular formula is C20H18ClF3N2O3. The highest BCUT2D eigenvalue weighted by atomic mass is 35.5. The highest BCUT2D eigenvalue weighted by molar-refractivity contribution is 6.31. The fraction of sp³-hybridized carbons (Fsp3) is 0.400. The van der Waals surface area contributed by atoms with Crippen LogP contribution in [-0.2, 0) is 17.8 Å². The zero-order valence-corrected chi connectivity index (χ0v) is 16.1. The Morgan fingerprint density at radius 1 is 1.17 bits per heavy atom. The molecule has 0 unspecified atom stereocenters. The van der Waals surface area contributed by atoms with Crippen LogP contribution in [0.4, 0.5) is 13.2 Å². The summed E-state index contributed by atoms with van der Waals surface area (Å²) >= 11 is 6.28. The number of amides is 1. The lowest BCUT2D eigenvalue weighted by atomic mass is 10.2. The van der Waals surface area contributed by atoms with Crippen molar-refractivity contribution in [1.29, 1.82) is 0 Å². The number of hydrogen-bond acceptors (Lipinski definition) is 3. The predicted octanol–water partition coefficient (Wildman–Crippen LogP) is 3.61. The minimum Gasteiger partial charge on any atom is -0.483 e. The number of halogens is 4. The van der Waals surface area contributed by atoms with Crippen molar-refractivity contribution in [2.24, 2.45) is 0 Å². The molecule has 1 fully saturated rings. The number of benzene rings is 1. The van der Waals surface area contributed by atoms with Gasteiger partial charge in [-0.2, -0.15) is 0 Å². The second kappa shape index (κ2) is 7.74. The maximum Gasteiger partial charge on any atom is 0.293 e. The molecule has 2 aromatic rings. The number of likely N-dealkylation sites (tertiary alicyclic amines) is 1. The first kappa shape index (κ1) is 19.8. The quantitative estimate of drug-likeness (QED) is 0.702. The molecule has 154 valence electrons. The third-order valence-corrected chi connectivity index (χ3v) is 5.70. The maximum atomic E-state index is 13.8. The predicted molar refractivity (Wildman–Crippen MR) is 99.5 cm³/mol. The van der Waals surface area contributed by atoms with E-state index in [9.17, 15) is 22.8 Å². The molecule has 0 spiro atoms. The summed E-state index contributed by atoms with van der Waals surface area (Å²) in [4.78, 5) is 27.5. The van der Waals surface area contributed by atoms with Crippen molar-refractivity contribution in [2.75, 3.05) is 13.1 Å². The van der Waals surface area contributed by atoms with Gasteiger partial charge in [-0.25, -0.2) is 13.2 Å². The number of ether oxygens (including phenoxy) is 1. The van der Waals surface area contributed by atoms with Crippen LogP contribution in [0.25, 0.3) is 0 Å². The van der Waals surface area contributed by atoms with Crippen molar-refractivity contribution in [3.8, 4) is 5.75 Å². The van der Waals surface area contributed by atoms with Crippen LogP contribution >= 0.6 is 11.6 Å². The van der Waals surface area contributed by atoms with E-state index < -0.39 is 35.7 Å². The second-order valence-corrected chi connectivity index (χ2v) is 7.62. The van der Waals surface area contributed by atoms with E-state index in [-0.39, 0.29) is 22.2 Å². The molecule has 1 saturated heterocycles. The smallest absolute Gasteiger partial charge is 0.293 e. The largest absolute Gasteiger partial charge is 0.483 e. The second-order valence-electron chi connectivity index (χ2n) is 7.21. The lowest BCUT2D eigenvalue weighted by molar-refractivity contribution is -0.133. The van der Waals surface area contributed by atoms with Crippen LogP contribution in [0.1, 0.15) is 36.6 Å². The third kappa shape index (κ3) is 3.61. The molecule has 29 heavy (non-hydrogen) atoms. The lowest BCUT2D eigenvalue weighted by Crippen LogP contribution is -2.37. The fourth-order valence-electron chi connectivity index (χ4n) is 3.94. The number of aromatic nitrogens is 1. The minimum absolute atomic E-state index is 0.130. The van der Waals surface area contributed by atoms with Gasteiger partial charge in [-0.1, -0.05) is 11.6 Å². The third-order valence-electron chi connectivity index (χ3n) is 5.37. The summed E-state index contributed by atoms with van der Waals surface area (Å²) in [6.45, 7) is 0.762. The summed E-state index contributed by atoms with van der Waals surface area (Å²) in [7, 11) is 0. The molecule has 0 aliphatic carbocycles. The molecular weight excluding hydrogens is 409 g/mol. The van der Waals surface area contributed by atoms with Crippen LogP contribution in [0.5, 0.6) is 5.75 Å². The average molecular weight is 427 g/mol. The van der Waals surface area contributed by atoms with Gasteiger partial charge in [0.1, 0.15) is 18.5 Å². The lowest BCUT2D eigenvalue weighted by Gasteiger charge is -2.22. The fourth-order valence-corrected chi connectivity index (χ4v) is 4.23. The number of carbonyl (C=O) groups is 1. The Morgan fingerprint density at radius 2 is 1.90 bits per heavy atom. The number of carbonyl (C=O) groups excluding carboxylic acids is 1. The Balaban J connectivity index is 1.63. The van der Waals surface area contributed by atoms with Crippen molar-refractivity contribution >= 4 is 17.5 Å². The molecule has 2 aliphatic rings. The monoisotopic (exact) mass is 426 g/mol. The van der Waals surface area contributed by atoms with Gasteiger partial charge in [0.05, 0.1) is 5.02 Å². The van der Waals surface area contributed by atoms with Crippen molar-refractivity contribution in [3.05, 3.63) is 62.3 Å². The van der Waals surface area contributed by atoms with Gasteiger partial charge in [-0.15, -0.1) is 0 Å². The summed E-state index contributed by atoms with van der Waals surface area (Å²) in [6, 6.07) is 1.85. The van der Waals surface area contributed by atoms with Crippen molar-refractivity contribution < 1.29 is 22.7 Å². The van der Waals surface area contributed by atoms with Gasteiger partial charge in [-0.05, 0) is 31.7 Å². The van der Waals surface area contributed by atoms with E-state index in [2.05, 4.69) is 0 Å². The Kier molecular flexibility index (Phi) is 5.29. The highest BCUT2D eigenvalue weighted by Crippen LogP contribution is 2.33. The molecule has 2 aliphatic heterocycles. The SMILES string of the molecule is O=C([C@@H]1CCc2c(Cl)cc(OCc3cc(F)cc(F)c3F)c(=O)n21)N1CCCC1. The van der Waals surface area contributed by atoms with Crippen LogP contribution in [0.2, 0.25) is 5.02 Å². The Hall–Kier alpha value is -2.48. The van der Waals surface area contributed by atoms with Crippen LogP contribution in [-0.4, -0.2) is 28.5 Å². The zero-order chi connectivity index (χ0) is 20.7. The first-order chi connectivity index (χ1) is 13.9. The maximum absolute atomic E-state index is 13.8. The standard InChI is InChI=1S/C20H18ClF3N2O3/c21-13-9-17(29-10-11-7-12(22)8-14(23)18(11)24)20(28)26-15(13)3-4-16(26)19(27)25-5-1-2-6-25/h7-9,16H,1-6,10H2/t16-/m0/s1. The number of rotatable bonds is 4. The van der Waals surface area contributed by atoms with Gasteiger partial charge in [0.15, 0.2) is 17.4 Å². The first-order valence-corrected chi connectivity index (χ1v) is 9.73. The van der Waals surface area contributed by atoms with Crippen molar-refractivity contribution in [1.82, 2.24) is 9.47 Å². The molecule has 9 heteroatoms. The summed E-state index contributed by atoms with van der Waals surface area (Å²) in [5, 5.41) is 0.252. The van der Waals surface area contributed by atoms with E-state index in [0.717, 1.165) is 18.9 Å². The van der Waals surface area contributed by atoms with Gasteiger partial charge < -0.3 is 9.64 Å². The Labute approximate surface area is 169 Å². The van der Waals surface area contributed by atoms with E-state index in [4.69, 9.17) is 16.3 Å². The van der Waals surface area contributed by atoms with Gasteiger partial charge in [-0.3, -0.25) is 14.2 Å². The van der Waals surface area contributed by atoms with E-state index in [0.29, 0.717) is 37.7 Å². The van der Waals surface area contributed by atoms with Crippen LogP contribution < -0.4 is 10.3 Å². The van der Waals surface area contributed by atoms with Gasteiger partial charge in [0.25, 0.3) is 5.56 Å². The molecule has 1 amide bonds. The van der Waals surface area contributed by atoms with Crippen LogP contribution in [0.15, 0.2) is 23.0 Å². The Morgan fingerprint density at radius 3 is 2.62 bits per heavy atom. The number of nitrogens with zero attached hydrogens (tertiary/aromatic N) is 2. The number of pyridine rings is 1. The van der Waals surface area contributed by atoms with Crippen LogP contribution in [0.3, 0.4) is 0 Å². The molecule has 0 N–H and O–H groups in total. The normalized spacial score (nSPS) is 18.2. The average Bonchev–Trinajstić information content (AvgIpc) is 3.36. The summed E-state index contributed by atoms with van der Waals surface area (Å²) in [5.74, 6) is -3.88. The minimum atomic E-state index is -1.34. The van der Waals surface area contributed by atoms with Crippen molar-refractivity contribution in [2.45, 2.75) is 38.3 Å². The molecule has 0 bridgehead atoms.